The molecule has 0 aliphatic heterocycles. The Morgan fingerprint density at radius 2 is 2.04 bits per heavy atom. The van der Waals surface area contributed by atoms with Gasteiger partial charge in [0.1, 0.15) is 11.3 Å². The monoisotopic (exact) mass is 344 g/mol. The molecule has 132 valence electrons. The molecule has 0 saturated carbocycles. The first-order valence-corrected chi connectivity index (χ1v) is 7.83. The molecule has 3 aromatic rings. The number of carboxylic acids is 1. The molecule has 7 heteroatoms. The average Bonchev–Trinajstić information content (AvgIpc) is 2.62. The normalized spacial score (nSPS) is 10.4. The van der Waals surface area contributed by atoms with E-state index in [4.69, 9.17) is 14.6 Å². The molecule has 0 amide bonds. The minimum Gasteiger partial charge on any atom is -0.496 e. The summed E-state index contributed by atoms with van der Waals surface area (Å²) in [6.45, 7) is 5.67. The zero-order chi connectivity index (χ0) is 18.4. The number of pyridine rings is 2. The number of ether oxygens (including phenoxy) is 2. The number of carbonyl (C=O) groups is 1. The van der Waals surface area contributed by atoms with Crippen molar-refractivity contribution in [3.63, 3.8) is 0 Å². The van der Waals surface area contributed by atoms with Crippen LogP contribution in [0.15, 0.2) is 35.4 Å². The molecule has 2 aromatic heterocycles. The van der Waals surface area contributed by atoms with Crippen LogP contribution in [0.3, 0.4) is 0 Å². The number of nitrogens with zero attached hydrogens (tertiary/aromatic N) is 1. The Kier molecular flexibility index (Phi) is 6.08. The number of nitrogens with one attached hydrogen (secondary N) is 1. The molecule has 0 atom stereocenters. The lowest BCUT2D eigenvalue weighted by atomic mass is 10.1. The van der Waals surface area contributed by atoms with Gasteiger partial charge >= 0.3 is 5.97 Å². The van der Waals surface area contributed by atoms with E-state index in [0.717, 1.165) is 18.6 Å². The molecule has 0 bridgehead atoms. The van der Waals surface area contributed by atoms with Crippen molar-refractivity contribution in [3.8, 4) is 5.75 Å². The number of rotatable bonds is 4. The van der Waals surface area contributed by atoms with E-state index in [2.05, 4.69) is 9.97 Å². The molecule has 0 radical (unpaired) electrons. The standard InChI is InChI=1S/C14H10N2O4.C4H10O/c1-20-9-5-7-3-2-4-15-11(7)12-10(9)13(17)8(6-16-12)14(18)19;1-3-5-4-2/h2-6H,1H3,(H,16,17)(H,18,19);3-4H2,1-2H3. The summed E-state index contributed by atoms with van der Waals surface area (Å²) in [4.78, 5) is 30.4. The SMILES string of the molecule is CCOCC.COc1cc2cccnc2c2[nH]cc(C(=O)O)c(=O)c12. The average molecular weight is 344 g/mol. The van der Waals surface area contributed by atoms with Crippen LogP contribution in [0.1, 0.15) is 24.2 Å². The van der Waals surface area contributed by atoms with Crippen LogP contribution < -0.4 is 10.2 Å². The van der Waals surface area contributed by atoms with E-state index in [-0.39, 0.29) is 10.9 Å². The summed E-state index contributed by atoms with van der Waals surface area (Å²) < 4.78 is 10.0. The molecule has 0 aliphatic carbocycles. The molecule has 3 rings (SSSR count). The number of aromatic amines is 1. The van der Waals surface area contributed by atoms with Crippen LogP contribution in [0.5, 0.6) is 5.75 Å². The summed E-state index contributed by atoms with van der Waals surface area (Å²) in [5.41, 5.74) is 0.147. The fourth-order valence-corrected chi connectivity index (χ4v) is 2.43. The van der Waals surface area contributed by atoms with Crippen LogP contribution in [-0.2, 0) is 4.74 Å². The van der Waals surface area contributed by atoms with Gasteiger partial charge in [-0.05, 0) is 26.0 Å². The van der Waals surface area contributed by atoms with Crippen molar-refractivity contribution in [2.45, 2.75) is 13.8 Å². The van der Waals surface area contributed by atoms with Gasteiger partial charge in [-0.2, -0.15) is 0 Å². The van der Waals surface area contributed by atoms with Gasteiger partial charge in [0.05, 0.1) is 23.5 Å². The maximum Gasteiger partial charge on any atom is 0.341 e. The van der Waals surface area contributed by atoms with Crippen LogP contribution >= 0.6 is 0 Å². The van der Waals surface area contributed by atoms with Crippen molar-refractivity contribution in [1.82, 2.24) is 9.97 Å². The maximum absolute atomic E-state index is 12.3. The number of methoxy groups -OCH3 is 1. The van der Waals surface area contributed by atoms with Crippen LogP contribution in [-0.4, -0.2) is 41.4 Å². The second kappa shape index (κ2) is 8.25. The molecule has 0 fully saturated rings. The highest BCUT2D eigenvalue weighted by atomic mass is 16.5. The lowest BCUT2D eigenvalue weighted by Gasteiger charge is -2.08. The summed E-state index contributed by atoms with van der Waals surface area (Å²) in [6, 6.07) is 5.29. The van der Waals surface area contributed by atoms with Crippen molar-refractivity contribution in [2.24, 2.45) is 0 Å². The van der Waals surface area contributed by atoms with E-state index in [1.165, 1.54) is 13.3 Å². The largest absolute Gasteiger partial charge is 0.496 e. The minimum atomic E-state index is -1.28. The molecule has 7 nitrogen and oxygen atoms in total. The van der Waals surface area contributed by atoms with Crippen LogP contribution in [0, 0.1) is 0 Å². The van der Waals surface area contributed by atoms with Gasteiger partial charge in [-0.15, -0.1) is 0 Å². The summed E-state index contributed by atoms with van der Waals surface area (Å²) in [7, 11) is 1.43. The number of H-pyrrole nitrogens is 1. The van der Waals surface area contributed by atoms with Crippen LogP contribution in [0.4, 0.5) is 0 Å². The molecule has 0 spiro atoms. The maximum atomic E-state index is 12.3. The fraction of sp³-hybridized carbons (Fsp3) is 0.278. The van der Waals surface area contributed by atoms with E-state index in [1.54, 1.807) is 18.3 Å². The minimum absolute atomic E-state index is 0.193. The molecule has 25 heavy (non-hydrogen) atoms. The highest BCUT2D eigenvalue weighted by molar-refractivity contribution is 6.07. The highest BCUT2D eigenvalue weighted by Crippen LogP contribution is 2.28. The number of hydrogen-bond acceptors (Lipinski definition) is 5. The van der Waals surface area contributed by atoms with Crippen molar-refractivity contribution in [3.05, 3.63) is 46.4 Å². The van der Waals surface area contributed by atoms with Crippen molar-refractivity contribution >= 4 is 27.8 Å². The van der Waals surface area contributed by atoms with E-state index in [0.29, 0.717) is 16.8 Å². The lowest BCUT2D eigenvalue weighted by molar-refractivity contribution is 0.0695. The Bertz CT molecular complexity index is 947. The summed E-state index contributed by atoms with van der Waals surface area (Å²) in [5, 5.41) is 10.0. The second-order valence-electron chi connectivity index (χ2n) is 5.02. The van der Waals surface area contributed by atoms with Gasteiger partial charge in [0.25, 0.3) is 0 Å². The summed E-state index contributed by atoms with van der Waals surface area (Å²) >= 11 is 0. The van der Waals surface area contributed by atoms with Gasteiger partial charge in [-0.1, -0.05) is 6.07 Å². The predicted octanol–water partition coefficient (Wildman–Crippen LogP) is 2.83. The quantitative estimate of drug-likeness (QED) is 0.706. The van der Waals surface area contributed by atoms with Crippen molar-refractivity contribution in [1.29, 1.82) is 0 Å². The van der Waals surface area contributed by atoms with Gasteiger partial charge in [0.2, 0.25) is 5.43 Å². The molecule has 0 saturated heterocycles. The van der Waals surface area contributed by atoms with Crippen molar-refractivity contribution < 1.29 is 19.4 Å². The number of aromatic carboxylic acids is 1. The van der Waals surface area contributed by atoms with E-state index in [1.807, 2.05) is 19.9 Å². The van der Waals surface area contributed by atoms with Gasteiger partial charge in [0, 0.05) is 31.0 Å². The zero-order valence-corrected chi connectivity index (χ0v) is 14.3. The number of hydrogen-bond donors (Lipinski definition) is 2. The molecular formula is C18H20N2O5. The molecule has 2 N–H and O–H groups in total. The predicted molar refractivity (Wildman–Crippen MR) is 95.5 cm³/mol. The number of benzene rings is 1. The van der Waals surface area contributed by atoms with Gasteiger partial charge in [-0.25, -0.2) is 4.79 Å². The van der Waals surface area contributed by atoms with Crippen LogP contribution in [0.25, 0.3) is 21.8 Å². The fourth-order valence-electron chi connectivity index (χ4n) is 2.43. The lowest BCUT2D eigenvalue weighted by Crippen LogP contribution is -2.16. The van der Waals surface area contributed by atoms with Gasteiger partial charge in [-0.3, -0.25) is 9.78 Å². The first-order chi connectivity index (χ1) is 12.0. The Morgan fingerprint density at radius 1 is 1.32 bits per heavy atom. The Balaban J connectivity index is 0.000000399. The third kappa shape index (κ3) is 3.77. The molecule has 0 aliphatic rings. The Hall–Kier alpha value is -2.93. The molecule has 1 aromatic carbocycles. The molecular weight excluding hydrogens is 324 g/mol. The summed E-state index contributed by atoms with van der Waals surface area (Å²) in [5.74, 6) is -0.957. The topological polar surface area (TPSA) is 102 Å². The smallest absolute Gasteiger partial charge is 0.341 e. The third-order valence-corrected chi connectivity index (χ3v) is 3.55. The number of fused-ring (bicyclic) bond motifs is 3. The van der Waals surface area contributed by atoms with E-state index < -0.39 is 11.4 Å². The first-order valence-electron chi connectivity index (χ1n) is 7.83. The summed E-state index contributed by atoms with van der Waals surface area (Å²) in [6.07, 6.45) is 2.79. The van der Waals surface area contributed by atoms with Gasteiger partial charge in [0.15, 0.2) is 0 Å². The number of carboxylic acid groups (broad SMARTS) is 1. The first kappa shape index (κ1) is 18.4. The number of aromatic nitrogens is 2. The molecule has 2 heterocycles. The van der Waals surface area contributed by atoms with Crippen LogP contribution in [0.2, 0.25) is 0 Å². The van der Waals surface area contributed by atoms with E-state index in [9.17, 15) is 9.59 Å². The zero-order valence-electron chi connectivity index (χ0n) is 14.3. The third-order valence-electron chi connectivity index (χ3n) is 3.55. The van der Waals surface area contributed by atoms with Gasteiger partial charge < -0.3 is 19.6 Å². The Labute approximate surface area is 144 Å². The molecule has 0 unspecified atom stereocenters. The second-order valence-corrected chi connectivity index (χ2v) is 5.02. The van der Waals surface area contributed by atoms with Crippen molar-refractivity contribution in [2.75, 3.05) is 20.3 Å². The highest BCUT2D eigenvalue weighted by Gasteiger charge is 2.17. The van der Waals surface area contributed by atoms with E-state index >= 15 is 0 Å². The Morgan fingerprint density at radius 3 is 2.60 bits per heavy atom.